The van der Waals surface area contributed by atoms with Crippen molar-refractivity contribution in [1.82, 2.24) is 9.29 Å². The molecule has 0 bridgehead atoms. The largest absolute Gasteiger partial charge is 0.309 e. The molecule has 1 aromatic heterocycles. The number of amides is 2. The van der Waals surface area contributed by atoms with Gasteiger partial charge in [0.15, 0.2) is 0 Å². The number of pyridine rings is 1. The van der Waals surface area contributed by atoms with Crippen LogP contribution >= 0.6 is 0 Å². The van der Waals surface area contributed by atoms with Crippen LogP contribution in [0.5, 0.6) is 0 Å². The van der Waals surface area contributed by atoms with Gasteiger partial charge in [0.2, 0.25) is 21.8 Å². The number of benzene rings is 1. The minimum absolute atomic E-state index is 0.0161. The topological polar surface area (TPSA) is 99.7 Å². The molecule has 0 saturated carbocycles. The minimum Gasteiger partial charge on any atom is -0.309 e. The number of aryl methyl sites for hydroxylation is 1. The molecular formula is C22H26N4O4S. The van der Waals surface area contributed by atoms with Crippen LogP contribution in [0.25, 0.3) is 0 Å². The van der Waals surface area contributed by atoms with E-state index in [1.165, 1.54) is 17.3 Å². The summed E-state index contributed by atoms with van der Waals surface area (Å²) in [6.45, 7) is 5.63. The van der Waals surface area contributed by atoms with Crippen LogP contribution in [0.2, 0.25) is 0 Å². The van der Waals surface area contributed by atoms with Gasteiger partial charge in [-0.3, -0.25) is 9.59 Å². The molecule has 4 rings (SSSR count). The minimum atomic E-state index is -3.86. The zero-order valence-electron chi connectivity index (χ0n) is 17.8. The summed E-state index contributed by atoms with van der Waals surface area (Å²) in [4.78, 5) is 30.8. The van der Waals surface area contributed by atoms with Crippen molar-refractivity contribution in [2.24, 2.45) is 0 Å². The first-order valence-electron chi connectivity index (χ1n) is 10.4. The van der Waals surface area contributed by atoms with Gasteiger partial charge in [-0.05, 0) is 74.6 Å². The maximum Gasteiger partial charge on any atom is 0.243 e. The van der Waals surface area contributed by atoms with Gasteiger partial charge in [0.1, 0.15) is 11.9 Å². The Morgan fingerprint density at radius 1 is 1.19 bits per heavy atom. The number of carbonyl (C=O) groups is 2. The van der Waals surface area contributed by atoms with Crippen LogP contribution in [0, 0.1) is 6.92 Å². The van der Waals surface area contributed by atoms with Crippen LogP contribution in [0.15, 0.2) is 41.4 Å². The van der Waals surface area contributed by atoms with Crippen molar-refractivity contribution in [3.63, 3.8) is 0 Å². The first-order valence-corrected chi connectivity index (χ1v) is 11.8. The Bertz CT molecular complexity index is 1150. The summed E-state index contributed by atoms with van der Waals surface area (Å²) in [7, 11) is -3.86. The smallest absolute Gasteiger partial charge is 0.243 e. The van der Waals surface area contributed by atoms with Crippen LogP contribution < -0.4 is 10.2 Å². The van der Waals surface area contributed by atoms with Crippen LogP contribution in [0.3, 0.4) is 0 Å². The number of aromatic nitrogens is 1. The number of rotatable bonds is 4. The van der Waals surface area contributed by atoms with Crippen molar-refractivity contribution in [3.05, 3.63) is 47.7 Å². The zero-order chi connectivity index (χ0) is 22.3. The Morgan fingerprint density at radius 3 is 2.68 bits per heavy atom. The lowest BCUT2D eigenvalue weighted by Gasteiger charge is -2.24. The van der Waals surface area contributed by atoms with Crippen LogP contribution in [0.1, 0.15) is 37.8 Å². The van der Waals surface area contributed by atoms with Crippen LogP contribution in [-0.2, 0) is 26.0 Å². The van der Waals surface area contributed by atoms with E-state index in [4.69, 9.17) is 0 Å². The van der Waals surface area contributed by atoms with E-state index in [9.17, 15) is 18.0 Å². The maximum absolute atomic E-state index is 13.4. The molecule has 2 amide bonds. The van der Waals surface area contributed by atoms with Crippen molar-refractivity contribution in [2.75, 3.05) is 16.8 Å². The number of carbonyl (C=O) groups excluding carboxylic acids is 2. The average molecular weight is 443 g/mol. The number of hydrogen-bond acceptors (Lipinski definition) is 5. The van der Waals surface area contributed by atoms with Gasteiger partial charge in [0.25, 0.3) is 0 Å². The lowest BCUT2D eigenvalue weighted by Crippen LogP contribution is -2.43. The molecular weight excluding hydrogens is 416 g/mol. The van der Waals surface area contributed by atoms with Crippen molar-refractivity contribution in [3.8, 4) is 0 Å². The van der Waals surface area contributed by atoms with Crippen molar-refractivity contribution in [1.29, 1.82) is 0 Å². The molecule has 2 aromatic rings. The second-order valence-electron chi connectivity index (χ2n) is 8.21. The first kappa shape index (κ1) is 21.5. The highest BCUT2D eigenvalue weighted by Gasteiger charge is 2.40. The highest BCUT2D eigenvalue weighted by molar-refractivity contribution is 7.89. The second-order valence-corrected chi connectivity index (χ2v) is 10.1. The molecule has 2 aliphatic rings. The van der Waals surface area contributed by atoms with Gasteiger partial charge in [-0.1, -0.05) is 0 Å². The molecule has 164 valence electrons. The number of nitrogens with zero attached hydrogens (tertiary/aromatic N) is 3. The van der Waals surface area contributed by atoms with E-state index in [1.807, 2.05) is 19.9 Å². The molecule has 0 aliphatic carbocycles. The number of nitrogens with one attached hydrogen (secondary N) is 1. The molecule has 1 saturated heterocycles. The van der Waals surface area contributed by atoms with E-state index in [2.05, 4.69) is 10.3 Å². The predicted molar refractivity (Wildman–Crippen MR) is 117 cm³/mol. The summed E-state index contributed by atoms with van der Waals surface area (Å²) in [5.41, 5.74) is 2.53. The van der Waals surface area contributed by atoms with E-state index in [0.717, 1.165) is 16.8 Å². The lowest BCUT2D eigenvalue weighted by molar-refractivity contribution is -0.119. The highest BCUT2D eigenvalue weighted by atomic mass is 32.2. The van der Waals surface area contributed by atoms with Crippen molar-refractivity contribution in [2.45, 2.75) is 57.0 Å². The Kier molecular flexibility index (Phi) is 5.57. The number of anilines is 2. The Balaban J connectivity index is 1.59. The predicted octanol–water partition coefficient (Wildman–Crippen LogP) is 2.48. The molecule has 0 spiro atoms. The summed E-state index contributed by atoms with van der Waals surface area (Å²) in [5, 5.41) is 2.74. The van der Waals surface area contributed by atoms with Gasteiger partial charge in [0, 0.05) is 31.4 Å². The third kappa shape index (κ3) is 3.95. The van der Waals surface area contributed by atoms with E-state index in [-0.39, 0.29) is 29.3 Å². The van der Waals surface area contributed by atoms with Gasteiger partial charge >= 0.3 is 0 Å². The molecule has 2 atom stereocenters. The molecule has 1 aromatic carbocycles. The van der Waals surface area contributed by atoms with Crippen molar-refractivity contribution < 1.29 is 18.0 Å². The third-order valence-electron chi connectivity index (χ3n) is 5.89. The van der Waals surface area contributed by atoms with E-state index >= 15 is 0 Å². The highest BCUT2D eigenvalue weighted by Crippen LogP contribution is 2.35. The molecule has 8 nitrogen and oxygen atoms in total. The summed E-state index contributed by atoms with van der Waals surface area (Å²) in [6.07, 6.45) is 3.26. The fraction of sp³-hybridized carbons (Fsp3) is 0.409. The van der Waals surface area contributed by atoms with Gasteiger partial charge in [-0.25, -0.2) is 13.4 Å². The molecule has 3 heterocycles. The first-order chi connectivity index (χ1) is 14.7. The second kappa shape index (κ2) is 8.05. The van der Waals surface area contributed by atoms with Crippen LogP contribution in [-0.4, -0.2) is 48.1 Å². The quantitative estimate of drug-likeness (QED) is 0.784. The SMILES string of the molecule is CC(=O)N1c2ccc(S(=O)(=O)N3CCC[C@H]3C(=O)Nc3cc(C)ccn3)cc2C[C@@H]1C. The Hall–Kier alpha value is -2.78. The fourth-order valence-electron chi connectivity index (χ4n) is 4.49. The Labute approximate surface area is 182 Å². The molecule has 31 heavy (non-hydrogen) atoms. The van der Waals surface area contributed by atoms with E-state index in [1.54, 1.807) is 29.3 Å². The molecule has 0 radical (unpaired) electrons. The summed E-state index contributed by atoms with van der Waals surface area (Å²) in [6, 6.07) is 7.62. The third-order valence-corrected chi connectivity index (χ3v) is 7.79. The standard InChI is InChI=1S/C22H26N4O4S/c1-14-8-9-23-21(11-14)24-22(28)20-5-4-10-25(20)31(29,30)18-6-7-19-17(13-18)12-15(2)26(19)16(3)27/h6-9,11,13,15,20H,4-5,10,12H2,1-3H3,(H,23,24,28)/t15-,20-/m0/s1. The normalized spacial score (nSPS) is 21.2. The fourth-order valence-corrected chi connectivity index (χ4v) is 6.19. The molecule has 9 heteroatoms. The summed E-state index contributed by atoms with van der Waals surface area (Å²) in [5.74, 6) is -0.0373. The summed E-state index contributed by atoms with van der Waals surface area (Å²) < 4.78 is 28.1. The van der Waals surface area contributed by atoms with E-state index in [0.29, 0.717) is 25.1 Å². The van der Waals surface area contributed by atoms with Crippen LogP contribution in [0.4, 0.5) is 11.5 Å². The van der Waals surface area contributed by atoms with Gasteiger partial charge < -0.3 is 10.2 Å². The average Bonchev–Trinajstić information content (AvgIpc) is 3.31. The molecule has 2 aliphatic heterocycles. The number of sulfonamides is 1. The zero-order valence-corrected chi connectivity index (χ0v) is 18.6. The molecule has 1 fully saturated rings. The Morgan fingerprint density at radius 2 is 1.97 bits per heavy atom. The molecule has 1 N–H and O–H groups in total. The van der Waals surface area contributed by atoms with E-state index < -0.39 is 16.1 Å². The van der Waals surface area contributed by atoms with Gasteiger partial charge in [-0.15, -0.1) is 0 Å². The monoisotopic (exact) mass is 442 g/mol. The number of fused-ring (bicyclic) bond motifs is 1. The van der Waals surface area contributed by atoms with Crippen molar-refractivity contribution >= 4 is 33.3 Å². The van der Waals surface area contributed by atoms with Gasteiger partial charge in [0.05, 0.1) is 4.90 Å². The number of hydrogen-bond donors (Lipinski definition) is 1. The lowest BCUT2D eigenvalue weighted by atomic mass is 10.1. The van der Waals surface area contributed by atoms with Gasteiger partial charge in [-0.2, -0.15) is 4.31 Å². The summed E-state index contributed by atoms with van der Waals surface area (Å²) >= 11 is 0. The maximum atomic E-state index is 13.4. The molecule has 0 unspecified atom stereocenters.